The van der Waals surface area contributed by atoms with Crippen molar-refractivity contribution in [3.63, 3.8) is 0 Å². The lowest BCUT2D eigenvalue weighted by atomic mass is 10.3. The number of para-hydroxylation sites is 6. The third-order valence-electron chi connectivity index (χ3n) is 4.59. The summed E-state index contributed by atoms with van der Waals surface area (Å²) in [6.45, 7) is 0. The van der Waals surface area contributed by atoms with E-state index >= 15 is 0 Å². The summed E-state index contributed by atoms with van der Waals surface area (Å²) in [7, 11) is 0. The highest BCUT2D eigenvalue weighted by atomic mass is 35.5. The van der Waals surface area contributed by atoms with E-state index in [9.17, 15) is 0 Å². The minimum atomic E-state index is 0.446. The molecule has 164 valence electrons. The molecule has 0 unspecified atom stereocenters. The summed E-state index contributed by atoms with van der Waals surface area (Å²) < 4.78 is 0. The molecule has 7 heteroatoms. The average molecular weight is 455 g/mol. The van der Waals surface area contributed by atoms with Crippen LogP contribution in [0.2, 0.25) is 5.28 Å². The first-order valence-corrected chi connectivity index (χ1v) is 10.7. The molecule has 0 bridgehead atoms. The van der Waals surface area contributed by atoms with Gasteiger partial charge in [0.2, 0.25) is 11.2 Å². The highest BCUT2D eigenvalue weighted by molar-refractivity contribution is 6.29. The molecule has 0 aliphatic carbocycles. The number of aromatic amines is 2. The molecule has 0 atom stereocenters. The van der Waals surface area contributed by atoms with Crippen molar-refractivity contribution in [2.75, 3.05) is 11.1 Å². The molecule has 5 N–H and O–H groups in total. The third kappa shape index (κ3) is 6.35. The molecule has 6 nitrogen and oxygen atoms in total. The van der Waals surface area contributed by atoms with Crippen LogP contribution in [-0.4, -0.2) is 19.9 Å². The molecule has 0 radical (unpaired) electrons. The summed E-state index contributed by atoms with van der Waals surface area (Å²) in [5.41, 5.74) is 11.1. The topological polar surface area (TPSA) is 95.4 Å². The van der Waals surface area contributed by atoms with E-state index in [1.54, 1.807) is 0 Å². The number of aromatic nitrogens is 4. The number of nitrogen functional groups attached to an aromatic ring is 1. The van der Waals surface area contributed by atoms with Gasteiger partial charge in [-0.05, 0) is 60.1 Å². The summed E-state index contributed by atoms with van der Waals surface area (Å²) in [6.07, 6.45) is 0. The number of hydrogen-bond donors (Lipinski definition) is 4. The fourth-order valence-electron chi connectivity index (χ4n) is 3.04. The van der Waals surface area contributed by atoms with Crippen molar-refractivity contribution in [1.29, 1.82) is 0 Å². The number of halogens is 1. The molecule has 6 aromatic rings. The van der Waals surface area contributed by atoms with Gasteiger partial charge < -0.3 is 21.0 Å². The summed E-state index contributed by atoms with van der Waals surface area (Å²) in [5.74, 6) is 0.771. The van der Waals surface area contributed by atoms with Crippen LogP contribution >= 0.6 is 11.6 Å². The summed E-state index contributed by atoms with van der Waals surface area (Å²) in [6, 6.07) is 35.2. The maximum absolute atomic E-state index is 5.62. The Hall–Kier alpha value is -4.29. The minimum Gasteiger partial charge on any atom is -0.399 e. The lowest BCUT2D eigenvalue weighted by molar-refractivity contribution is 1.31. The predicted octanol–water partition coefficient (Wildman–Crippen LogP) is 6.79. The van der Waals surface area contributed by atoms with E-state index in [2.05, 4.69) is 25.3 Å². The number of H-pyrrole nitrogens is 2. The highest BCUT2D eigenvalue weighted by Crippen LogP contribution is 2.17. The molecular formula is C26H23ClN6. The maximum Gasteiger partial charge on any atom is 0.205 e. The number of nitrogens with two attached hydrogens (primary N) is 1. The summed E-state index contributed by atoms with van der Waals surface area (Å²) in [5, 5.41) is 3.67. The predicted molar refractivity (Wildman–Crippen MR) is 138 cm³/mol. The fraction of sp³-hybridized carbons (Fsp3) is 0. The first kappa shape index (κ1) is 21.9. The van der Waals surface area contributed by atoms with Crippen molar-refractivity contribution in [2.45, 2.75) is 0 Å². The SMILES string of the molecule is Clc1nc2ccccc2[nH]1.Nc1ccccc1.c1ccc(Nc2nc3ccccc3[nH]2)cc1. The Kier molecular flexibility index (Phi) is 7.20. The number of nitrogens with zero attached hydrogens (tertiary/aromatic N) is 2. The van der Waals surface area contributed by atoms with Gasteiger partial charge in [0, 0.05) is 11.4 Å². The molecular weight excluding hydrogens is 432 g/mol. The molecule has 0 aliphatic heterocycles. The van der Waals surface area contributed by atoms with Crippen LogP contribution in [0.25, 0.3) is 22.1 Å². The second-order valence-electron chi connectivity index (χ2n) is 7.05. The summed E-state index contributed by atoms with van der Waals surface area (Å²) >= 11 is 5.62. The van der Waals surface area contributed by atoms with Crippen molar-refractivity contribution < 1.29 is 0 Å². The molecule has 0 saturated heterocycles. The zero-order valence-electron chi connectivity index (χ0n) is 17.7. The molecule has 0 fully saturated rings. The number of rotatable bonds is 2. The van der Waals surface area contributed by atoms with Crippen LogP contribution in [0.1, 0.15) is 0 Å². The third-order valence-corrected chi connectivity index (χ3v) is 4.76. The number of fused-ring (bicyclic) bond motifs is 2. The van der Waals surface area contributed by atoms with E-state index in [1.807, 2.05) is 109 Å². The first-order valence-electron chi connectivity index (χ1n) is 10.3. The van der Waals surface area contributed by atoms with E-state index < -0.39 is 0 Å². The second-order valence-corrected chi connectivity index (χ2v) is 7.41. The van der Waals surface area contributed by atoms with Gasteiger partial charge in [-0.1, -0.05) is 60.7 Å². The number of hydrogen-bond acceptors (Lipinski definition) is 4. The van der Waals surface area contributed by atoms with Gasteiger partial charge in [0.1, 0.15) is 0 Å². The van der Waals surface area contributed by atoms with Crippen LogP contribution in [0, 0.1) is 0 Å². The van der Waals surface area contributed by atoms with Gasteiger partial charge in [0.15, 0.2) is 0 Å². The Balaban J connectivity index is 0.000000130. The number of nitrogens with one attached hydrogen (secondary N) is 3. The number of anilines is 3. The van der Waals surface area contributed by atoms with Crippen LogP contribution < -0.4 is 11.1 Å². The van der Waals surface area contributed by atoms with Crippen molar-refractivity contribution in [3.05, 3.63) is 114 Å². The van der Waals surface area contributed by atoms with Gasteiger partial charge in [-0.25, -0.2) is 9.97 Å². The highest BCUT2D eigenvalue weighted by Gasteiger charge is 2.01. The molecule has 6 rings (SSSR count). The molecule has 2 heterocycles. The van der Waals surface area contributed by atoms with Gasteiger partial charge in [0.25, 0.3) is 0 Å². The minimum absolute atomic E-state index is 0.446. The molecule has 2 aromatic heterocycles. The normalized spacial score (nSPS) is 10.1. The number of benzene rings is 4. The fourth-order valence-corrected chi connectivity index (χ4v) is 3.24. The average Bonchev–Trinajstić information content (AvgIpc) is 3.42. The van der Waals surface area contributed by atoms with Crippen molar-refractivity contribution in [1.82, 2.24) is 19.9 Å². The Morgan fingerprint density at radius 2 is 1.12 bits per heavy atom. The molecule has 0 amide bonds. The monoisotopic (exact) mass is 454 g/mol. The zero-order chi connectivity index (χ0) is 22.9. The lowest BCUT2D eigenvalue weighted by Gasteiger charge is -2.00. The van der Waals surface area contributed by atoms with Crippen LogP contribution in [0.4, 0.5) is 17.3 Å². The van der Waals surface area contributed by atoms with E-state index in [0.29, 0.717) is 5.28 Å². The van der Waals surface area contributed by atoms with Crippen molar-refractivity contribution >= 4 is 51.0 Å². The molecule has 33 heavy (non-hydrogen) atoms. The van der Waals surface area contributed by atoms with Gasteiger partial charge in [0.05, 0.1) is 22.1 Å². The van der Waals surface area contributed by atoms with E-state index in [-0.39, 0.29) is 0 Å². The smallest absolute Gasteiger partial charge is 0.205 e. The molecule has 0 spiro atoms. The standard InChI is InChI=1S/C13H11N3.C7H5ClN2.C6H7N/c1-2-6-10(7-3-1)14-13-15-11-8-4-5-9-12(11)16-13;8-7-9-5-3-1-2-4-6(5)10-7;7-6-4-2-1-3-5-6/h1-9H,(H2,14,15,16);1-4H,(H,9,10);1-5H,7H2. The Labute approximate surface area is 196 Å². The molecule has 0 aliphatic rings. The summed E-state index contributed by atoms with van der Waals surface area (Å²) in [4.78, 5) is 14.6. The van der Waals surface area contributed by atoms with E-state index in [1.165, 1.54) is 0 Å². The Morgan fingerprint density at radius 1 is 0.606 bits per heavy atom. The second kappa shape index (κ2) is 10.8. The van der Waals surface area contributed by atoms with Gasteiger partial charge in [-0.15, -0.1) is 0 Å². The van der Waals surface area contributed by atoms with Crippen LogP contribution in [0.3, 0.4) is 0 Å². The zero-order valence-corrected chi connectivity index (χ0v) is 18.5. The van der Waals surface area contributed by atoms with Crippen LogP contribution in [0.5, 0.6) is 0 Å². The van der Waals surface area contributed by atoms with Gasteiger partial charge >= 0.3 is 0 Å². The Bertz CT molecular complexity index is 1340. The largest absolute Gasteiger partial charge is 0.399 e. The number of imidazole rings is 2. The van der Waals surface area contributed by atoms with E-state index in [4.69, 9.17) is 17.3 Å². The van der Waals surface area contributed by atoms with Crippen LogP contribution in [0.15, 0.2) is 109 Å². The van der Waals surface area contributed by atoms with Gasteiger partial charge in [-0.3, -0.25) is 0 Å². The molecule has 4 aromatic carbocycles. The van der Waals surface area contributed by atoms with Crippen LogP contribution in [-0.2, 0) is 0 Å². The Morgan fingerprint density at radius 3 is 1.67 bits per heavy atom. The van der Waals surface area contributed by atoms with Gasteiger partial charge in [-0.2, -0.15) is 0 Å². The van der Waals surface area contributed by atoms with Crippen molar-refractivity contribution in [3.8, 4) is 0 Å². The lowest BCUT2D eigenvalue weighted by Crippen LogP contribution is -1.90. The van der Waals surface area contributed by atoms with Crippen molar-refractivity contribution in [2.24, 2.45) is 0 Å². The maximum atomic E-state index is 5.62. The van der Waals surface area contributed by atoms with E-state index in [0.717, 1.165) is 39.4 Å². The first-order chi connectivity index (χ1) is 16.2. The quantitative estimate of drug-likeness (QED) is 0.216. The molecule has 0 saturated carbocycles.